The third kappa shape index (κ3) is 8.98. The molecule has 1 aromatic heterocycles. The van der Waals surface area contributed by atoms with Crippen LogP contribution in [-0.4, -0.2) is 72.4 Å². The Labute approximate surface area is 230 Å². The van der Waals surface area contributed by atoms with Crippen molar-refractivity contribution in [1.29, 1.82) is 0 Å². The fourth-order valence-corrected chi connectivity index (χ4v) is 6.25. The lowest BCUT2D eigenvalue weighted by atomic mass is 9.86. The van der Waals surface area contributed by atoms with Crippen LogP contribution in [0.15, 0.2) is 48.7 Å². The number of hydrogen-bond donors (Lipinski definition) is 2. The van der Waals surface area contributed by atoms with E-state index in [0.717, 1.165) is 84.5 Å². The van der Waals surface area contributed by atoms with E-state index in [9.17, 15) is 4.79 Å². The first kappa shape index (κ1) is 28.9. The Balaban J connectivity index is 1.33. The summed E-state index contributed by atoms with van der Waals surface area (Å²) in [4.78, 5) is 22.9. The van der Waals surface area contributed by atoms with Gasteiger partial charge in [-0.05, 0) is 81.8 Å². The number of aromatic nitrogens is 1. The smallest absolute Gasteiger partial charge is 0.136 e. The van der Waals surface area contributed by atoms with Gasteiger partial charge in [-0.1, -0.05) is 49.2 Å². The Morgan fingerprint density at radius 1 is 1.16 bits per heavy atom. The fourth-order valence-electron chi connectivity index (χ4n) is 6.25. The molecule has 0 amide bonds. The molecule has 2 fully saturated rings. The van der Waals surface area contributed by atoms with Crippen molar-refractivity contribution < 1.29 is 4.79 Å². The number of rotatable bonds is 15. The summed E-state index contributed by atoms with van der Waals surface area (Å²) in [7, 11) is 0. The second-order valence-electron chi connectivity index (χ2n) is 11.5. The number of carbonyl (C=O) groups excluding carboxylic acids is 1. The molecular formula is C32H49N5O. The van der Waals surface area contributed by atoms with Crippen LogP contribution in [-0.2, 0) is 11.3 Å². The number of nitrogens with two attached hydrogens (primary N) is 1. The first-order chi connectivity index (χ1) is 18.6. The third-order valence-electron chi connectivity index (χ3n) is 8.56. The number of nitrogens with zero attached hydrogens (tertiary/aromatic N) is 3. The summed E-state index contributed by atoms with van der Waals surface area (Å²) in [5, 5.41) is 3.78. The highest BCUT2D eigenvalue weighted by molar-refractivity contribution is 5.82. The van der Waals surface area contributed by atoms with Crippen LogP contribution in [0.5, 0.6) is 0 Å². The van der Waals surface area contributed by atoms with Gasteiger partial charge in [0.1, 0.15) is 5.78 Å². The first-order valence-corrected chi connectivity index (χ1v) is 15.0. The zero-order valence-electron chi connectivity index (χ0n) is 23.5. The van der Waals surface area contributed by atoms with Crippen molar-refractivity contribution in [1.82, 2.24) is 20.1 Å². The highest BCUT2D eigenvalue weighted by atomic mass is 16.1. The van der Waals surface area contributed by atoms with Crippen molar-refractivity contribution in [2.45, 2.75) is 76.8 Å². The van der Waals surface area contributed by atoms with Gasteiger partial charge in [0.2, 0.25) is 0 Å². The second kappa shape index (κ2) is 15.5. The molecule has 2 aromatic rings. The largest absolute Gasteiger partial charge is 0.330 e. The molecule has 2 heterocycles. The van der Waals surface area contributed by atoms with Crippen LogP contribution in [0, 0.1) is 12.8 Å². The minimum Gasteiger partial charge on any atom is -0.330 e. The predicted molar refractivity (Wildman–Crippen MR) is 156 cm³/mol. The lowest BCUT2D eigenvalue weighted by Gasteiger charge is -2.37. The molecule has 1 saturated carbocycles. The number of ketones is 1. The molecule has 4 rings (SSSR count). The summed E-state index contributed by atoms with van der Waals surface area (Å²) < 4.78 is 0. The molecular weight excluding hydrogens is 470 g/mol. The van der Waals surface area contributed by atoms with Gasteiger partial charge >= 0.3 is 0 Å². The van der Waals surface area contributed by atoms with E-state index in [4.69, 9.17) is 5.73 Å². The van der Waals surface area contributed by atoms with Gasteiger partial charge in [-0.25, -0.2) is 0 Å². The summed E-state index contributed by atoms with van der Waals surface area (Å²) in [6.07, 6.45) is 10.5. The Bertz CT molecular complexity index is 961. The lowest BCUT2D eigenvalue weighted by molar-refractivity contribution is -0.123. The van der Waals surface area contributed by atoms with Gasteiger partial charge in [0.05, 0.1) is 5.69 Å². The molecule has 0 spiro atoms. The van der Waals surface area contributed by atoms with Crippen molar-refractivity contribution in [3.8, 4) is 0 Å². The number of Topliss-reactive ketones (excluding diaryl/α,β-unsaturated/α-hetero) is 1. The van der Waals surface area contributed by atoms with E-state index in [2.05, 4.69) is 63.4 Å². The summed E-state index contributed by atoms with van der Waals surface area (Å²) in [5.74, 6) is 1.11. The predicted octanol–water partition coefficient (Wildman–Crippen LogP) is 4.53. The topological polar surface area (TPSA) is 74.5 Å². The van der Waals surface area contributed by atoms with Gasteiger partial charge in [-0.2, -0.15) is 0 Å². The van der Waals surface area contributed by atoms with E-state index >= 15 is 0 Å². The van der Waals surface area contributed by atoms with Gasteiger partial charge in [0.15, 0.2) is 0 Å². The Morgan fingerprint density at radius 3 is 2.74 bits per heavy atom. The standard InChI is InChI=1S/C32H49N5O/c1-26-10-9-17-35-31(26)25-37(19-8-7-16-33)24-30-23-36(21-18-34-30)20-15-29(27-11-3-2-4-12-27)22-32(38)28-13-5-6-14-28/h2-4,9-12,17,28-30,34H,5-8,13-16,18-25,33H2,1H3/t29-,30-/m1/s1. The zero-order chi connectivity index (χ0) is 26.6. The molecule has 6 nitrogen and oxygen atoms in total. The SMILES string of the molecule is Cc1cccnc1CN(CCCCN)C[C@H]1CN(CC[C@H](CC(=O)C2CCCC2)c2ccccc2)CCN1. The molecule has 3 N–H and O–H groups in total. The van der Waals surface area contributed by atoms with E-state index in [1.165, 1.54) is 29.7 Å². The molecule has 0 unspecified atom stereocenters. The number of aryl methyl sites for hydroxylation is 1. The van der Waals surface area contributed by atoms with Crippen LogP contribution >= 0.6 is 0 Å². The highest BCUT2D eigenvalue weighted by Gasteiger charge is 2.27. The molecule has 1 aliphatic carbocycles. The molecule has 1 saturated heterocycles. The summed E-state index contributed by atoms with van der Waals surface area (Å²) in [5.41, 5.74) is 9.54. The number of unbranched alkanes of at least 4 members (excludes halogenated alkanes) is 1. The monoisotopic (exact) mass is 519 g/mol. The van der Waals surface area contributed by atoms with Crippen molar-refractivity contribution in [2.24, 2.45) is 11.7 Å². The molecule has 38 heavy (non-hydrogen) atoms. The maximum atomic E-state index is 13.1. The van der Waals surface area contributed by atoms with E-state index < -0.39 is 0 Å². The maximum Gasteiger partial charge on any atom is 0.136 e. The highest BCUT2D eigenvalue weighted by Crippen LogP contribution is 2.31. The maximum absolute atomic E-state index is 13.1. The van der Waals surface area contributed by atoms with Crippen LogP contribution in [0.3, 0.4) is 0 Å². The number of carbonyl (C=O) groups is 1. The molecule has 1 aromatic carbocycles. The Hall–Kier alpha value is -2.12. The van der Waals surface area contributed by atoms with Crippen molar-refractivity contribution in [3.05, 3.63) is 65.5 Å². The number of pyridine rings is 1. The van der Waals surface area contributed by atoms with Crippen LogP contribution in [0.25, 0.3) is 0 Å². The minimum absolute atomic E-state index is 0.303. The summed E-state index contributed by atoms with van der Waals surface area (Å²) in [6, 6.07) is 15.3. The molecule has 2 atom stereocenters. The van der Waals surface area contributed by atoms with Crippen LogP contribution in [0.4, 0.5) is 0 Å². The van der Waals surface area contributed by atoms with Crippen LogP contribution in [0.2, 0.25) is 0 Å². The average molecular weight is 520 g/mol. The van der Waals surface area contributed by atoms with Crippen molar-refractivity contribution >= 4 is 5.78 Å². The van der Waals surface area contributed by atoms with Crippen LogP contribution < -0.4 is 11.1 Å². The summed E-state index contributed by atoms with van der Waals surface area (Å²) in [6.45, 7) is 10.0. The molecule has 2 aliphatic rings. The van der Waals surface area contributed by atoms with Gasteiger partial charge in [0, 0.05) is 57.3 Å². The first-order valence-electron chi connectivity index (χ1n) is 15.0. The van der Waals surface area contributed by atoms with E-state index in [-0.39, 0.29) is 0 Å². The van der Waals surface area contributed by atoms with Gasteiger partial charge in [-0.15, -0.1) is 0 Å². The number of benzene rings is 1. The molecule has 0 radical (unpaired) electrons. The van der Waals surface area contributed by atoms with Gasteiger partial charge in [0.25, 0.3) is 0 Å². The Kier molecular flexibility index (Phi) is 11.8. The minimum atomic E-state index is 0.303. The van der Waals surface area contributed by atoms with Crippen LogP contribution in [0.1, 0.15) is 74.1 Å². The molecule has 1 aliphatic heterocycles. The quantitative estimate of drug-likeness (QED) is 0.337. The van der Waals surface area contributed by atoms with E-state index in [0.29, 0.717) is 30.1 Å². The fraction of sp³-hybridized carbons (Fsp3) is 0.625. The Morgan fingerprint density at radius 2 is 1.97 bits per heavy atom. The van der Waals surface area contributed by atoms with Crippen molar-refractivity contribution in [3.63, 3.8) is 0 Å². The third-order valence-corrected chi connectivity index (χ3v) is 8.56. The number of hydrogen-bond acceptors (Lipinski definition) is 6. The average Bonchev–Trinajstić information content (AvgIpc) is 3.48. The van der Waals surface area contributed by atoms with Crippen molar-refractivity contribution in [2.75, 3.05) is 45.8 Å². The van der Waals surface area contributed by atoms with Gasteiger partial charge in [-0.3, -0.25) is 14.7 Å². The normalized spacial score (nSPS) is 19.7. The van der Waals surface area contributed by atoms with E-state index in [1.54, 1.807) is 0 Å². The van der Waals surface area contributed by atoms with E-state index in [1.807, 2.05) is 12.3 Å². The molecule has 6 heteroatoms. The second-order valence-corrected chi connectivity index (χ2v) is 11.5. The molecule has 208 valence electrons. The molecule has 0 bridgehead atoms. The zero-order valence-corrected chi connectivity index (χ0v) is 23.5. The number of piperazine rings is 1. The summed E-state index contributed by atoms with van der Waals surface area (Å²) >= 11 is 0. The van der Waals surface area contributed by atoms with Gasteiger partial charge < -0.3 is 16.0 Å². The number of nitrogens with one attached hydrogen (secondary N) is 1. The lowest BCUT2D eigenvalue weighted by Crippen LogP contribution is -2.55.